The van der Waals surface area contributed by atoms with Gasteiger partial charge in [-0.05, 0) is 22.9 Å². The van der Waals surface area contributed by atoms with E-state index in [-0.39, 0.29) is 0 Å². The van der Waals surface area contributed by atoms with Crippen molar-refractivity contribution in [3.8, 4) is 22.7 Å². The average Bonchev–Trinajstić information content (AvgIpc) is 3.31. The second-order valence-electron chi connectivity index (χ2n) is 5.25. The van der Waals surface area contributed by atoms with Crippen LogP contribution >= 0.6 is 0 Å². The van der Waals surface area contributed by atoms with Crippen molar-refractivity contribution in [2.75, 3.05) is 5.32 Å². The summed E-state index contributed by atoms with van der Waals surface area (Å²) >= 11 is 0. The number of hydrogen-bond acceptors (Lipinski definition) is 5. The van der Waals surface area contributed by atoms with Crippen LogP contribution in [-0.4, -0.2) is 20.1 Å². The number of nitrogens with one attached hydrogen (secondary N) is 2. The minimum absolute atomic E-state index is 0.437. The predicted molar refractivity (Wildman–Crippen MR) is 91.1 cm³/mol. The first kappa shape index (κ1) is 14.2. The molecule has 6 heteroatoms. The highest BCUT2D eigenvalue weighted by atomic mass is 16.5. The number of aromatic amines is 1. The molecule has 118 valence electrons. The standard InChI is InChI=1S/C18H15N5O/c1-3-7-13(8-4-1)15-11-19-16(21-15)12-20-18-22-17(24-23-18)14-9-5-2-6-10-14/h1-11H,12H2,(H,19,21)(H,20,23). The molecule has 2 aromatic carbocycles. The fraction of sp³-hybridized carbons (Fsp3) is 0.0556. The Morgan fingerprint density at radius 3 is 2.38 bits per heavy atom. The first-order chi connectivity index (χ1) is 11.9. The fourth-order valence-electron chi connectivity index (χ4n) is 2.37. The molecule has 0 fully saturated rings. The van der Waals surface area contributed by atoms with Crippen molar-refractivity contribution in [3.05, 3.63) is 72.7 Å². The summed E-state index contributed by atoms with van der Waals surface area (Å²) in [6.45, 7) is 0.487. The zero-order valence-corrected chi connectivity index (χ0v) is 12.8. The van der Waals surface area contributed by atoms with Crippen LogP contribution in [0.1, 0.15) is 5.82 Å². The lowest BCUT2D eigenvalue weighted by molar-refractivity contribution is 0.432. The van der Waals surface area contributed by atoms with Crippen molar-refractivity contribution in [1.82, 2.24) is 20.1 Å². The lowest BCUT2D eigenvalue weighted by atomic mass is 10.2. The van der Waals surface area contributed by atoms with Crippen molar-refractivity contribution in [1.29, 1.82) is 0 Å². The van der Waals surface area contributed by atoms with Gasteiger partial charge in [0.2, 0.25) is 0 Å². The number of nitrogens with zero attached hydrogens (tertiary/aromatic N) is 3. The number of hydrogen-bond donors (Lipinski definition) is 2. The van der Waals surface area contributed by atoms with E-state index in [2.05, 4.69) is 25.4 Å². The molecule has 0 aliphatic rings. The zero-order valence-electron chi connectivity index (χ0n) is 12.8. The SMILES string of the molecule is c1ccc(-c2cnc(CNc3noc(-c4ccccc4)n3)[nH]2)cc1. The van der Waals surface area contributed by atoms with Crippen molar-refractivity contribution >= 4 is 5.95 Å². The largest absolute Gasteiger partial charge is 0.344 e. The molecule has 24 heavy (non-hydrogen) atoms. The second-order valence-corrected chi connectivity index (χ2v) is 5.25. The van der Waals surface area contributed by atoms with Gasteiger partial charge < -0.3 is 14.8 Å². The molecule has 4 rings (SSSR count). The molecular weight excluding hydrogens is 302 g/mol. The molecule has 0 saturated heterocycles. The summed E-state index contributed by atoms with van der Waals surface area (Å²) < 4.78 is 5.26. The number of rotatable bonds is 5. The van der Waals surface area contributed by atoms with Gasteiger partial charge in [0, 0.05) is 5.56 Å². The molecule has 4 aromatic rings. The van der Waals surface area contributed by atoms with Gasteiger partial charge >= 0.3 is 0 Å². The summed E-state index contributed by atoms with van der Waals surface area (Å²) in [5.74, 6) is 1.73. The fourth-order valence-corrected chi connectivity index (χ4v) is 2.37. The summed E-state index contributed by atoms with van der Waals surface area (Å²) in [5.41, 5.74) is 2.97. The van der Waals surface area contributed by atoms with Crippen LogP contribution in [0.3, 0.4) is 0 Å². The van der Waals surface area contributed by atoms with Crippen molar-refractivity contribution in [3.63, 3.8) is 0 Å². The van der Waals surface area contributed by atoms with Gasteiger partial charge in [-0.3, -0.25) is 0 Å². The van der Waals surface area contributed by atoms with E-state index in [0.717, 1.165) is 22.6 Å². The summed E-state index contributed by atoms with van der Waals surface area (Å²) in [4.78, 5) is 12.0. The predicted octanol–water partition coefficient (Wildman–Crippen LogP) is 3.74. The Morgan fingerprint density at radius 2 is 1.62 bits per heavy atom. The van der Waals surface area contributed by atoms with Crippen molar-refractivity contribution < 1.29 is 4.52 Å². The highest BCUT2D eigenvalue weighted by Crippen LogP contribution is 2.19. The van der Waals surface area contributed by atoms with E-state index in [0.29, 0.717) is 18.4 Å². The third kappa shape index (κ3) is 3.03. The Hall–Kier alpha value is -3.41. The molecule has 0 radical (unpaired) electrons. The topological polar surface area (TPSA) is 79.6 Å². The van der Waals surface area contributed by atoms with Crippen LogP contribution in [0.25, 0.3) is 22.7 Å². The Balaban J connectivity index is 1.43. The number of benzene rings is 2. The molecule has 0 saturated carbocycles. The van der Waals surface area contributed by atoms with Crippen LogP contribution in [-0.2, 0) is 6.54 Å². The second kappa shape index (κ2) is 6.37. The smallest absolute Gasteiger partial charge is 0.264 e. The molecule has 0 aliphatic carbocycles. The Labute approximate surface area is 138 Å². The van der Waals surface area contributed by atoms with Gasteiger partial charge in [0.1, 0.15) is 5.82 Å². The van der Waals surface area contributed by atoms with Crippen LogP contribution in [0, 0.1) is 0 Å². The van der Waals surface area contributed by atoms with E-state index in [1.165, 1.54) is 0 Å². The molecule has 2 N–H and O–H groups in total. The molecule has 0 bridgehead atoms. The number of H-pyrrole nitrogens is 1. The van der Waals surface area contributed by atoms with E-state index in [4.69, 9.17) is 4.52 Å². The van der Waals surface area contributed by atoms with Crippen LogP contribution in [0.2, 0.25) is 0 Å². The molecular formula is C18H15N5O. The van der Waals surface area contributed by atoms with Crippen molar-refractivity contribution in [2.24, 2.45) is 0 Å². The van der Waals surface area contributed by atoms with Crippen LogP contribution < -0.4 is 5.32 Å². The van der Waals surface area contributed by atoms with Gasteiger partial charge in [-0.25, -0.2) is 4.98 Å². The third-order valence-electron chi connectivity index (χ3n) is 3.57. The summed E-state index contributed by atoms with van der Waals surface area (Å²) in [7, 11) is 0. The number of anilines is 1. The van der Waals surface area contributed by atoms with Gasteiger partial charge in [0.25, 0.3) is 11.8 Å². The number of aromatic nitrogens is 4. The Morgan fingerprint density at radius 1 is 0.917 bits per heavy atom. The van der Waals surface area contributed by atoms with Gasteiger partial charge in [0.05, 0.1) is 18.4 Å². The highest BCUT2D eigenvalue weighted by molar-refractivity contribution is 5.58. The third-order valence-corrected chi connectivity index (χ3v) is 3.57. The summed E-state index contributed by atoms with van der Waals surface area (Å²) in [5, 5.41) is 7.04. The summed E-state index contributed by atoms with van der Waals surface area (Å²) in [6.07, 6.45) is 1.82. The molecule has 0 spiro atoms. The summed E-state index contributed by atoms with van der Waals surface area (Å²) in [6, 6.07) is 19.7. The minimum atomic E-state index is 0.437. The molecule has 0 aliphatic heterocycles. The highest BCUT2D eigenvalue weighted by Gasteiger charge is 2.09. The Kier molecular flexibility index (Phi) is 3.77. The maximum absolute atomic E-state index is 5.26. The molecule has 0 amide bonds. The molecule has 6 nitrogen and oxygen atoms in total. The van der Waals surface area contributed by atoms with Gasteiger partial charge in [-0.15, -0.1) is 0 Å². The van der Waals surface area contributed by atoms with E-state index in [9.17, 15) is 0 Å². The van der Waals surface area contributed by atoms with E-state index in [1.54, 1.807) is 0 Å². The number of imidazole rings is 1. The Bertz CT molecular complexity index is 837. The monoisotopic (exact) mass is 317 g/mol. The first-order valence-electron chi connectivity index (χ1n) is 7.61. The zero-order chi connectivity index (χ0) is 16.2. The quantitative estimate of drug-likeness (QED) is 0.586. The van der Waals surface area contributed by atoms with Crippen LogP contribution in [0.5, 0.6) is 0 Å². The molecule has 2 aromatic heterocycles. The first-order valence-corrected chi connectivity index (χ1v) is 7.61. The van der Waals surface area contributed by atoms with Crippen LogP contribution in [0.15, 0.2) is 71.4 Å². The molecule has 0 atom stereocenters. The van der Waals surface area contributed by atoms with Gasteiger partial charge in [0.15, 0.2) is 0 Å². The van der Waals surface area contributed by atoms with E-state index in [1.807, 2.05) is 66.9 Å². The maximum Gasteiger partial charge on any atom is 0.264 e. The van der Waals surface area contributed by atoms with E-state index < -0.39 is 0 Å². The van der Waals surface area contributed by atoms with Gasteiger partial charge in [-0.1, -0.05) is 48.5 Å². The lowest BCUT2D eigenvalue weighted by Crippen LogP contribution is -2.02. The van der Waals surface area contributed by atoms with Gasteiger partial charge in [-0.2, -0.15) is 4.98 Å². The van der Waals surface area contributed by atoms with E-state index >= 15 is 0 Å². The van der Waals surface area contributed by atoms with Crippen molar-refractivity contribution in [2.45, 2.75) is 6.54 Å². The maximum atomic E-state index is 5.26. The lowest BCUT2D eigenvalue weighted by Gasteiger charge is -1.98. The molecule has 2 heterocycles. The average molecular weight is 317 g/mol. The minimum Gasteiger partial charge on any atom is -0.344 e. The molecule has 0 unspecified atom stereocenters. The normalized spacial score (nSPS) is 10.7. The van der Waals surface area contributed by atoms with Crippen LogP contribution in [0.4, 0.5) is 5.95 Å².